The van der Waals surface area contributed by atoms with Gasteiger partial charge in [-0.1, -0.05) is 91.0 Å². The van der Waals surface area contributed by atoms with E-state index in [0.29, 0.717) is 54.4 Å². The maximum absolute atomic E-state index is 14.0. The second-order valence-corrected chi connectivity index (χ2v) is 12.4. The molecule has 9 nitrogen and oxygen atoms in total. The van der Waals surface area contributed by atoms with Gasteiger partial charge in [-0.2, -0.15) is 0 Å². The van der Waals surface area contributed by atoms with Crippen LogP contribution in [-0.4, -0.2) is 42.3 Å². The van der Waals surface area contributed by atoms with E-state index in [0.717, 1.165) is 28.8 Å². The van der Waals surface area contributed by atoms with E-state index in [2.05, 4.69) is 15.4 Å². The summed E-state index contributed by atoms with van der Waals surface area (Å²) in [6.07, 6.45) is -3.82. The van der Waals surface area contributed by atoms with E-state index in [-0.39, 0.29) is 37.5 Å². The van der Waals surface area contributed by atoms with Crippen molar-refractivity contribution >= 4 is 17.6 Å². The minimum atomic E-state index is -4.81. The number of alkyl halides is 3. The third-order valence-electron chi connectivity index (χ3n) is 8.43. The third kappa shape index (κ3) is 10.9. The van der Waals surface area contributed by atoms with E-state index in [1.165, 1.54) is 12.1 Å². The Hall–Kier alpha value is -6.17. The molecule has 12 heteroatoms. The molecule has 0 saturated carbocycles. The molecule has 1 heterocycles. The van der Waals surface area contributed by atoms with Crippen LogP contribution in [0.3, 0.4) is 0 Å². The van der Waals surface area contributed by atoms with Crippen molar-refractivity contribution < 1.29 is 41.7 Å². The number of anilines is 1. The highest BCUT2D eigenvalue weighted by atomic mass is 19.4. The van der Waals surface area contributed by atoms with Gasteiger partial charge in [0.15, 0.2) is 11.5 Å². The van der Waals surface area contributed by atoms with Crippen LogP contribution in [0.15, 0.2) is 127 Å². The maximum atomic E-state index is 14.0. The lowest BCUT2D eigenvalue weighted by Crippen LogP contribution is -2.47. The molecular formula is C41H38F3N3O6. The zero-order chi connectivity index (χ0) is 37.0. The predicted octanol–water partition coefficient (Wildman–Crippen LogP) is 8.75. The van der Waals surface area contributed by atoms with Gasteiger partial charge in [-0.25, -0.2) is 4.79 Å². The fraction of sp³-hybridized carbons (Fsp3) is 0.220. The molecule has 53 heavy (non-hydrogen) atoms. The van der Waals surface area contributed by atoms with E-state index < -0.39 is 12.4 Å². The predicted molar refractivity (Wildman–Crippen MR) is 193 cm³/mol. The van der Waals surface area contributed by atoms with E-state index in [9.17, 15) is 22.8 Å². The molecule has 0 aliphatic carbocycles. The number of hydrogen-bond acceptors (Lipinski definition) is 6. The van der Waals surface area contributed by atoms with Crippen LogP contribution >= 0.6 is 0 Å². The largest absolute Gasteiger partial charge is 0.573 e. The normalized spacial score (nSPS) is 13.2. The second kappa shape index (κ2) is 17.4. The highest BCUT2D eigenvalue weighted by Gasteiger charge is 2.31. The van der Waals surface area contributed by atoms with E-state index in [1.807, 2.05) is 91.0 Å². The monoisotopic (exact) mass is 725 g/mol. The number of hydrogen-bond donors (Lipinski definition) is 2. The first kappa shape index (κ1) is 36.6. The number of carbonyl (C=O) groups excluding carboxylic acids is 2. The Morgan fingerprint density at radius 1 is 0.660 bits per heavy atom. The van der Waals surface area contributed by atoms with Gasteiger partial charge in [0, 0.05) is 30.4 Å². The van der Waals surface area contributed by atoms with Gasteiger partial charge in [-0.15, -0.1) is 13.2 Å². The molecule has 0 radical (unpaired) electrons. The minimum Gasteiger partial charge on any atom is -0.485 e. The average Bonchev–Trinajstić information content (AvgIpc) is 3.17. The highest BCUT2D eigenvalue weighted by molar-refractivity contribution is 5.96. The van der Waals surface area contributed by atoms with Crippen LogP contribution in [0.5, 0.6) is 23.0 Å². The lowest BCUT2D eigenvalue weighted by atomic mass is 10.0. The Morgan fingerprint density at radius 2 is 1.13 bits per heavy atom. The Morgan fingerprint density at radius 3 is 1.60 bits per heavy atom. The summed E-state index contributed by atoms with van der Waals surface area (Å²) >= 11 is 0. The van der Waals surface area contributed by atoms with Gasteiger partial charge in [-0.05, 0) is 65.9 Å². The Bertz CT molecular complexity index is 1870. The molecular weight excluding hydrogens is 687 g/mol. The van der Waals surface area contributed by atoms with Crippen LogP contribution in [-0.2, 0) is 19.8 Å². The molecule has 1 fully saturated rings. The molecule has 6 rings (SSSR count). The molecule has 274 valence electrons. The van der Waals surface area contributed by atoms with Gasteiger partial charge in [0.05, 0.1) is 0 Å². The van der Waals surface area contributed by atoms with Crippen molar-refractivity contribution in [1.29, 1.82) is 0 Å². The fourth-order valence-electron chi connectivity index (χ4n) is 5.76. The van der Waals surface area contributed by atoms with E-state index in [4.69, 9.17) is 14.2 Å². The summed E-state index contributed by atoms with van der Waals surface area (Å²) in [5, 5.41) is 5.50. The van der Waals surface area contributed by atoms with Crippen LogP contribution in [0.4, 0.5) is 23.7 Å². The first-order valence-electron chi connectivity index (χ1n) is 17.1. The fourth-order valence-corrected chi connectivity index (χ4v) is 5.76. The summed E-state index contributed by atoms with van der Waals surface area (Å²) in [6, 6.07) is 36.6. The lowest BCUT2D eigenvalue weighted by molar-refractivity contribution is -0.274. The molecule has 1 saturated heterocycles. The van der Waals surface area contributed by atoms with Crippen molar-refractivity contribution in [2.24, 2.45) is 0 Å². The summed E-state index contributed by atoms with van der Waals surface area (Å²) in [5.41, 5.74) is 3.50. The number of piperidine rings is 1. The quantitative estimate of drug-likeness (QED) is 0.126. The first-order valence-corrected chi connectivity index (χ1v) is 17.1. The first-order chi connectivity index (χ1) is 25.7. The van der Waals surface area contributed by atoms with Crippen LogP contribution in [0.25, 0.3) is 0 Å². The molecule has 2 N–H and O–H groups in total. The number of nitrogens with one attached hydrogen (secondary N) is 2. The van der Waals surface area contributed by atoms with Gasteiger partial charge < -0.3 is 34.5 Å². The van der Waals surface area contributed by atoms with Crippen molar-refractivity contribution in [1.82, 2.24) is 10.2 Å². The van der Waals surface area contributed by atoms with Crippen LogP contribution in [0.2, 0.25) is 0 Å². The molecule has 3 amide bonds. The number of carbonyl (C=O) groups is 2. The molecule has 0 unspecified atom stereocenters. The average molecular weight is 726 g/mol. The molecule has 0 aromatic heterocycles. The van der Waals surface area contributed by atoms with Gasteiger partial charge in [0.1, 0.15) is 25.6 Å². The molecule has 1 aliphatic rings. The SMILES string of the molecule is O=C(Nc1ccc(OC(F)(F)F)cc1)NC1CCN(C(=O)c2cc(OCc3ccccc3)c(OCc3ccccc3)c(OCc3ccccc3)c2)CC1. The number of urea groups is 1. The van der Waals surface area contributed by atoms with Gasteiger partial charge >= 0.3 is 12.4 Å². The van der Waals surface area contributed by atoms with Gasteiger partial charge in [-0.3, -0.25) is 4.79 Å². The molecule has 1 aliphatic heterocycles. The van der Waals surface area contributed by atoms with Crippen molar-refractivity contribution in [3.05, 3.63) is 150 Å². The zero-order valence-electron chi connectivity index (χ0n) is 28.7. The number of nitrogens with zero attached hydrogens (tertiary/aromatic N) is 1. The summed E-state index contributed by atoms with van der Waals surface area (Å²) < 4.78 is 60.3. The van der Waals surface area contributed by atoms with Crippen molar-refractivity contribution in [2.45, 2.75) is 45.1 Å². The zero-order valence-corrected chi connectivity index (χ0v) is 28.7. The summed E-state index contributed by atoms with van der Waals surface area (Å²) in [5.74, 6) is 0.501. The van der Waals surface area contributed by atoms with E-state index >= 15 is 0 Å². The van der Waals surface area contributed by atoms with Crippen LogP contribution in [0, 0.1) is 0 Å². The number of halogens is 3. The summed E-state index contributed by atoms with van der Waals surface area (Å²) in [7, 11) is 0. The smallest absolute Gasteiger partial charge is 0.485 e. The van der Waals surface area contributed by atoms with Crippen LogP contribution < -0.4 is 29.6 Å². The highest BCUT2D eigenvalue weighted by Crippen LogP contribution is 2.41. The molecule has 0 spiro atoms. The number of benzene rings is 5. The third-order valence-corrected chi connectivity index (χ3v) is 8.43. The van der Waals surface area contributed by atoms with Crippen LogP contribution in [0.1, 0.15) is 39.9 Å². The van der Waals surface area contributed by atoms with Gasteiger partial charge in [0.25, 0.3) is 5.91 Å². The Kier molecular flexibility index (Phi) is 12.0. The summed E-state index contributed by atoms with van der Waals surface area (Å²) in [6.45, 7) is 1.48. The number of rotatable bonds is 13. The molecule has 5 aromatic carbocycles. The Balaban J connectivity index is 1.15. The lowest BCUT2D eigenvalue weighted by Gasteiger charge is -2.32. The van der Waals surface area contributed by atoms with Crippen molar-refractivity contribution in [3.8, 4) is 23.0 Å². The standard InChI is InChI=1S/C41H38F3N3O6/c42-41(43,44)53-35-18-16-33(17-19-35)45-40(49)46-34-20-22-47(23-21-34)39(48)32-24-36(50-26-29-10-4-1-5-11-29)38(52-28-31-14-8-3-9-15-31)37(25-32)51-27-30-12-6-2-7-13-30/h1-19,24-25,34H,20-23,26-28H2,(H2,45,46,49). The maximum Gasteiger partial charge on any atom is 0.573 e. The topological polar surface area (TPSA) is 98.4 Å². The van der Waals surface area contributed by atoms with Crippen molar-refractivity contribution in [3.63, 3.8) is 0 Å². The second-order valence-electron chi connectivity index (χ2n) is 12.4. The van der Waals surface area contributed by atoms with Gasteiger partial charge in [0.2, 0.25) is 5.75 Å². The number of likely N-dealkylation sites (tertiary alicyclic amines) is 1. The molecule has 0 bridgehead atoms. The van der Waals surface area contributed by atoms with E-state index in [1.54, 1.807) is 17.0 Å². The molecule has 0 atom stereocenters. The number of ether oxygens (including phenoxy) is 4. The number of amides is 3. The molecule has 5 aromatic rings. The summed E-state index contributed by atoms with van der Waals surface area (Å²) in [4.78, 5) is 28.4. The van der Waals surface area contributed by atoms with Crippen molar-refractivity contribution in [2.75, 3.05) is 18.4 Å². The minimum absolute atomic E-state index is 0.224. The Labute approximate surface area is 305 Å².